The van der Waals surface area contributed by atoms with Gasteiger partial charge in [-0.15, -0.1) is 0 Å². The minimum Gasteiger partial charge on any atom is -0.0836 e. The van der Waals surface area contributed by atoms with Gasteiger partial charge in [0.1, 0.15) is 0 Å². The van der Waals surface area contributed by atoms with E-state index in [4.69, 9.17) is 23.2 Å². The van der Waals surface area contributed by atoms with Gasteiger partial charge in [0.15, 0.2) is 0 Å². The highest BCUT2D eigenvalue weighted by atomic mass is 127. The lowest BCUT2D eigenvalue weighted by atomic mass is 10.1. The number of rotatable bonds is 1. The fourth-order valence-corrected chi connectivity index (χ4v) is 2.25. The van der Waals surface area contributed by atoms with Crippen LogP contribution in [0, 0.1) is 9.64 Å². The average molecular weight is 348 g/mol. The average Bonchev–Trinajstić information content (AvgIpc) is 2.22. The van der Waals surface area contributed by atoms with E-state index in [9.17, 15) is 0 Å². The molecular formula is C12H6Cl2I. The summed E-state index contributed by atoms with van der Waals surface area (Å²) >= 11 is 14.2. The van der Waals surface area contributed by atoms with Crippen LogP contribution < -0.4 is 0 Å². The van der Waals surface area contributed by atoms with E-state index in [1.54, 1.807) is 6.07 Å². The molecule has 3 heteroatoms. The first-order valence-corrected chi connectivity index (χ1v) is 6.13. The SMILES string of the molecule is Clc1[c]cc(Cl)c(-c2cccc(I)c2)c1. The molecule has 0 amide bonds. The number of halogens is 3. The summed E-state index contributed by atoms with van der Waals surface area (Å²) in [5, 5.41) is 1.25. The smallest absolute Gasteiger partial charge is 0.0492 e. The van der Waals surface area contributed by atoms with E-state index >= 15 is 0 Å². The first kappa shape index (κ1) is 11.2. The van der Waals surface area contributed by atoms with Gasteiger partial charge in [-0.25, -0.2) is 0 Å². The maximum absolute atomic E-state index is 6.09. The molecule has 75 valence electrons. The Labute approximate surface area is 112 Å². The molecule has 0 heterocycles. The van der Waals surface area contributed by atoms with Gasteiger partial charge in [-0.2, -0.15) is 0 Å². The quantitative estimate of drug-likeness (QED) is 0.632. The van der Waals surface area contributed by atoms with Crippen molar-refractivity contribution in [1.29, 1.82) is 0 Å². The van der Waals surface area contributed by atoms with Crippen molar-refractivity contribution in [1.82, 2.24) is 0 Å². The fraction of sp³-hybridized carbons (Fsp3) is 0. The normalized spacial score (nSPS) is 10.3. The van der Waals surface area contributed by atoms with Crippen LogP contribution in [0.1, 0.15) is 0 Å². The van der Waals surface area contributed by atoms with Gasteiger partial charge in [-0.3, -0.25) is 0 Å². The van der Waals surface area contributed by atoms with Gasteiger partial charge < -0.3 is 0 Å². The third kappa shape index (κ3) is 2.65. The number of hydrogen-bond acceptors (Lipinski definition) is 0. The molecule has 0 saturated carbocycles. The largest absolute Gasteiger partial charge is 0.0836 e. The molecule has 2 rings (SSSR count). The second-order valence-electron chi connectivity index (χ2n) is 3.05. The Balaban J connectivity index is 2.58. The molecule has 15 heavy (non-hydrogen) atoms. The van der Waals surface area contributed by atoms with Gasteiger partial charge in [-0.05, 0) is 52.4 Å². The van der Waals surface area contributed by atoms with Gasteiger partial charge in [-0.1, -0.05) is 35.3 Å². The van der Waals surface area contributed by atoms with Crippen LogP contribution in [-0.2, 0) is 0 Å². The highest BCUT2D eigenvalue weighted by molar-refractivity contribution is 14.1. The molecule has 0 aliphatic heterocycles. The van der Waals surface area contributed by atoms with Gasteiger partial charge >= 0.3 is 0 Å². The molecular weight excluding hydrogens is 342 g/mol. The lowest BCUT2D eigenvalue weighted by Gasteiger charge is -2.05. The van der Waals surface area contributed by atoms with Crippen LogP contribution in [0.2, 0.25) is 10.0 Å². The zero-order chi connectivity index (χ0) is 10.8. The zero-order valence-corrected chi connectivity index (χ0v) is 11.3. The summed E-state index contributed by atoms with van der Waals surface area (Å²) in [7, 11) is 0. The van der Waals surface area contributed by atoms with Crippen molar-refractivity contribution in [3.05, 3.63) is 56.1 Å². The summed E-state index contributed by atoms with van der Waals surface area (Å²) < 4.78 is 1.17. The van der Waals surface area contributed by atoms with Crippen molar-refractivity contribution in [2.45, 2.75) is 0 Å². The third-order valence-corrected chi connectivity index (χ3v) is 3.20. The number of hydrogen-bond donors (Lipinski definition) is 0. The summed E-state index contributed by atoms with van der Waals surface area (Å²) in [5.41, 5.74) is 2.02. The van der Waals surface area contributed by atoms with Crippen molar-refractivity contribution in [3.8, 4) is 11.1 Å². The molecule has 0 nitrogen and oxygen atoms in total. The Morgan fingerprint density at radius 3 is 2.67 bits per heavy atom. The van der Waals surface area contributed by atoms with Crippen molar-refractivity contribution in [3.63, 3.8) is 0 Å². The molecule has 0 saturated heterocycles. The van der Waals surface area contributed by atoms with Gasteiger partial charge in [0.25, 0.3) is 0 Å². The Morgan fingerprint density at radius 2 is 1.93 bits per heavy atom. The highest BCUT2D eigenvalue weighted by Gasteiger charge is 2.04. The first-order valence-electron chi connectivity index (χ1n) is 4.29. The maximum atomic E-state index is 6.09. The second kappa shape index (κ2) is 4.73. The zero-order valence-electron chi connectivity index (χ0n) is 7.60. The Kier molecular flexibility index (Phi) is 3.54. The molecule has 0 fully saturated rings. The highest BCUT2D eigenvalue weighted by Crippen LogP contribution is 2.30. The van der Waals surface area contributed by atoms with Crippen molar-refractivity contribution < 1.29 is 0 Å². The predicted octanol–water partition coefficient (Wildman–Crippen LogP) is 5.07. The van der Waals surface area contributed by atoms with Gasteiger partial charge in [0.05, 0.1) is 0 Å². The summed E-state index contributed by atoms with van der Waals surface area (Å²) in [5.74, 6) is 0. The van der Waals surface area contributed by atoms with E-state index in [0.717, 1.165) is 11.1 Å². The van der Waals surface area contributed by atoms with Crippen molar-refractivity contribution >= 4 is 45.8 Å². The lowest BCUT2D eigenvalue weighted by molar-refractivity contribution is 1.58. The first-order chi connectivity index (χ1) is 7.16. The van der Waals surface area contributed by atoms with Crippen LogP contribution in [0.4, 0.5) is 0 Å². The minimum atomic E-state index is 0.577. The van der Waals surface area contributed by atoms with E-state index in [0.29, 0.717) is 10.0 Å². The number of benzene rings is 2. The van der Waals surface area contributed by atoms with Crippen molar-refractivity contribution in [2.75, 3.05) is 0 Å². The maximum Gasteiger partial charge on any atom is 0.0492 e. The molecule has 2 aromatic carbocycles. The molecule has 0 N–H and O–H groups in total. The summed E-state index contributed by atoms with van der Waals surface area (Å²) in [6, 6.07) is 14.5. The van der Waals surface area contributed by atoms with E-state index in [1.165, 1.54) is 3.57 Å². The van der Waals surface area contributed by atoms with Crippen LogP contribution in [0.3, 0.4) is 0 Å². The molecule has 0 aliphatic carbocycles. The molecule has 1 radical (unpaired) electrons. The topological polar surface area (TPSA) is 0 Å². The fourth-order valence-electron chi connectivity index (χ4n) is 1.32. The van der Waals surface area contributed by atoms with Crippen LogP contribution in [-0.4, -0.2) is 0 Å². The summed E-state index contributed by atoms with van der Waals surface area (Å²) in [4.78, 5) is 0. The summed E-state index contributed by atoms with van der Waals surface area (Å²) in [6.45, 7) is 0. The molecule has 0 aromatic heterocycles. The predicted molar refractivity (Wildman–Crippen MR) is 73.5 cm³/mol. The van der Waals surface area contributed by atoms with Crippen LogP contribution >= 0.6 is 45.8 Å². The summed E-state index contributed by atoms with van der Waals surface area (Å²) in [6.07, 6.45) is 0. The van der Waals surface area contributed by atoms with Crippen molar-refractivity contribution in [2.24, 2.45) is 0 Å². The molecule has 2 aromatic rings. The van der Waals surface area contributed by atoms with Gasteiger partial charge in [0, 0.05) is 25.2 Å². The standard InChI is InChI=1S/C12H6Cl2I/c13-9-4-5-12(14)11(7-9)8-2-1-3-10(15)6-8/h1-3,5-7H. The van der Waals surface area contributed by atoms with Crippen LogP contribution in [0.15, 0.2) is 36.4 Å². The lowest BCUT2D eigenvalue weighted by Crippen LogP contribution is -1.81. The molecule has 0 aliphatic rings. The Bertz CT molecular complexity index is 495. The molecule has 0 unspecified atom stereocenters. The molecule has 0 spiro atoms. The van der Waals surface area contributed by atoms with E-state index in [2.05, 4.69) is 34.7 Å². The Hall–Kier alpha value is -0.250. The monoisotopic (exact) mass is 347 g/mol. The molecule has 0 bridgehead atoms. The van der Waals surface area contributed by atoms with E-state index < -0.39 is 0 Å². The van der Waals surface area contributed by atoms with E-state index in [1.807, 2.05) is 24.3 Å². The van der Waals surface area contributed by atoms with Crippen LogP contribution in [0.25, 0.3) is 11.1 Å². The Morgan fingerprint density at radius 1 is 1.13 bits per heavy atom. The third-order valence-electron chi connectivity index (χ3n) is 2.00. The second-order valence-corrected chi connectivity index (χ2v) is 5.11. The van der Waals surface area contributed by atoms with E-state index in [-0.39, 0.29) is 0 Å². The minimum absolute atomic E-state index is 0.577. The van der Waals surface area contributed by atoms with Crippen LogP contribution in [0.5, 0.6) is 0 Å². The van der Waals surface area contributed by atoms with Gasteiger partial charge in [0.2, 0.25) is 0 Å². The molecule has 0 atom stereocenters.